The quantitative estimate of drug-likeness (QED) is 0.723. The van der Waals surface area contributed by atoms with E-state index in [2.05, 4.69) is 42.6 Å². The Morgan fingerprint density at radius 2 is 1.92 bits per heavy atom. The van der Waals surface area contributed by atoms with E-state index in [0.717, 1.165) is 19.5 Å². The van der Waals surface area contributed by atoms with Gasteiger partial charge >= 0.3 is 0 Å². The second kappa shape index (κ2) is 3.75. The highest BCUT2D eigenvalue weighted by atomic mass is 14.9. The summed E-state index contributed by atoms with van der Waals surface area (Å²) in [4.78, 5) is 0. The van der Waals surface area contributed by atoms with Crippen molar-refractivity contribution in [2.24, 2.45) is 0 Å². The predicted molar refractivity (Wildman–Crippen MR) is 56.7 cm³/mol. The van der Waals surface area contributed by atoms with Crippen LogP contribution in [-0.4, -0.2) is 13.1 Å². The lowest BCUT2D eigenvalue weighted by Crippen LogP contribution is -2.33. The van der Waals surface area contributed by atoms with Crippen molar-refractivity contribution >= 4 is 6.08 Å². The van der Waals surface area contributed by atoms with Crippen molar-refractivity contribution in [3.05, 3.63) is 41.0 Å². The average Bonchev–Trinajstić information content (AvgIpc) is 2.12. The van der Waals surface area contributed by atoms with Gasteiger partial charge in [0.15, 0.2) is 0 Å². The molecule has 13 heavy (non-hydrogen) atoms. The van der Waals surface area contributed by atoms with Crippen molar-refractivity contribution in [3.8, 4) is 0 Å². The maximum Gasteiger partial charge on any atom is 0.0183 e. The van der Waals surface area contributed by atoms with Crippen LogP contribution in [0.3, 0.4) is 0 Å². The number of hydrogen-bond donors (Lipinski definition) is 1. The van der Waals surface area contributed by atoms with Crippen LogP contribution in [0.2, 0.25) is 0 Å². The second-order valence-corrected chi connectivity index (χ2v) is 3.50. The molecule has 0 amide bonds. The summed E-state index contributed by atoms with van der Waals surface area (Å²) in [7, 11) is 0. The zero-order valence-corrected chi connectivity index (χ0v) is 8.01. The van der Waals surface area contributed by atoms with E-state index in [1.54, 1.807) is 0 Å². The van der Waals surface area contributed by atoms with Crippen molar-refractivity contribution in [1.82, 2.24) is 5.32 Å². The number of rotatable bonds is 2. The Morgan fingerprint density at radius 3 is 2.38 bits per heavy atom. The van der Waals surface area contributed by atoms with E-state index in [9.17, 15) is 0 Å². The number of benzene rings is 1. The number of aryl methyl sites for hydroxylation is 1. The topological polar surface area (TPSA) is 12.0 Å². The van der Waals surface area contributed by atoms with Gasteiger partial charge in [-0.15, -0.1) is 0 Å². The first-order chi connectivity index (χ1) is 6.38. The molecule has 1 N–H and O–H groups in total. The zero-order chi connectivity index (χ0) is 9.10. The first kappa shape index (κ1) is 8.52. The smallest absolute Gasteiger partial charge is 0.0183 e. The molecular formula is C12H15N. The molecule has 1 heterocycles. The fourth-order valence-corrected chi connectivity index (χ4v) is 1.46. The third-order valence-corrected chi connectivity index (χ3v) is 2.46. The third-order valence-electron chi connectivity index (χ3n) is 2.46. The molecule has 1 aliphatic rings. The molecule has 1 aromatic rings. The second-order valence-electron chi connectivity index (χ2n) is 3.50. The molecule has 1 nitrogen and oxygen atoms in total. The van der Waals surface area contributed by atoms with Crippen molar-refractivity contribution in [3.63, 3.8) is 0 Å². The average molecular weight is 173 g/mol. The summed E-state index contributed by atoms with van der Waals surface area (Å²) in [5.74, 6) is 0. The van der Waals surface area contributed by atoms with Gasteiger partial charge in [0.25, 0.3) is 0 Å². The fraction of sp³-hybridized carbons (Fsp3) is 0.333. The molecule has 0 bridgehead atoms. The van der Waals surface area contributed by atoms with Crippen molar-refractivity contribution < 1.29 is 0 Å². The molecule has 0 saturated carbocycles. The van der Waals surface area contributed by atoms with Crippen LogP contribution in [0.5, 0.6) is 0 Å². The zero-order valence-electron chi connectivity index (χ0n) is 8.01. The van der Waals surface area contributed by atoms with Crippen LogP contribution in [0.15, 0.2) is 29.8 Å². The van der Waals surface area contributed by atoms with Gasteiger partial charge in [0, 0.05) is 13.1 Å². The van der Waals surface area contributed by atoms with E-state index in [-0.39, 0.29) is 0 Å². The normalized spacial score (nSPS) is 15.3. The van der Waals surface area contributed by atoms with E-state index >= 15 is 0 Å². The molecule has 1 saturated heterocycles. The molecule has 0 spiro atoms. The highest BCUT2D eigenvalue weighted by Gasteiger charge is 2.05. The van der Waals surface area contributed by atoms with E-state index in [4.69, 9.17) is 0 Å². The standard InChI is InChI=1S/C12H15N/c1-2-10-3-5-11(6-4-10)7-12-8-13-9-12/h3-7,13H,2,8-9H2,1H3. The van der Waals surface area contributed by atoms with Crippen molar-refractivity contribution in [2.45, 2.75) is 13.3 Å². The van der Waals surface area contributed by atoms with Crippen LogP contribution in [0.1, 0.15) is 18.1 Å². The Balaban J connectivity index is 2.13. The van der Waals surface area contributed by atoms with Crippen LogP contribution in [0.25, 0.3) is 6.08 Å². The maximum absolute atomic E-state index is 3.24. The van der Waals surface area contributed by atoms with Crippen LogP contribution < -0.4 is 5.32 Å². The molecule has 1 fully saturated rings. The monoisotopic (exact) mass is 173 g/mol. The Morgan fingerprint density at radius 1 is 1.23 bits per heavy atom. The predicted octanol–water partition coefficient (Wildman–Crippen LogP) is 2.24. The lowest BCUT2D eigenvalue weighted by Gasteiger charge is -2.18. The number of nitrogens with one attached hydrogen (secondary N) is 1. The molecule has 0 aliphatic carbocycles. The highest BCUT2D eigenvalue weighted by molar-refractivity contribution is 5.55. The van der Waals surface area contributed by atoms with Gasteiger partial charge in [-0.25, -0.2) is 0 Å². The van der Waals surface area contributed by atoms with Gasteiger partial charge in [-0.3, -0.25) is 0 Å². The minimum absolute atomic E-state index is 1.07. The molecule has 0 aromatic heterocycles. The summed E-state index contributed by atoms with van der Waals surface area (Å²) in [6.07, 6.45) is 3.40. The molecule has 1 aromatic carbocycles. The Kier molecular flexibility index (Phi) is 2.46. The summed E-state index contributed by atoms with van der Waals surface area (Å²) in [6, 6.07) is 8.81. The summed E-state index contributed by atoms with van der Waals surface area (Å²) in [5.41, 5.74) is 4.24. The minimum Gasteiger partial charge on any atom is -0.309 e. The fourth-order valence-electron chi connectivity index (χ4n) is 1.46. The van der Waals surface area contributed by atoms with Gasteiger partial charge in [-0.1, -0.05) is 37.3 Å². The Labute approximate surface area is 79.5 Å². The largest absolute Gasteiger partial charge is 0.309 e. The molecule has 1 heteroatoms. The summed E-state index contributed by atoms with van der Waals surface area (Å²) in [5, 5.41) is 3.24. The van der Waals surface area contributed by atoms with Gasteiger partial charge in [0.2, 0.25) is 0 Å². The molecule has 0 unspecified atom stereocenters. The molecule has 0 atom stereocenters. The lowest BCUT2D eigenvalue weighted by molar-refractivity contribution is 0.675. The van der Waals surface area contributed by atoms with Crippen LogP contribution in [0, 0.1) is 0 Å². The van der Waals surface area contributed by atoms with Crippen LogP contribution >= 0.6 is 0 Å². The van der Waals surface area contributed by atoms with Crippen molar-refractivity contribution in [1.29, 1.82) is 0 Å². The first-order valence-electron chi connectivity index (χ1n) is 4.87. The summed E-state index contributed by atoms with van der Waals surface area (Å²) >= 11 is 0. The van der Waals surface area contributed by atoms with Gasteiger partial charge in [-0.2, -0.15) is 0 Å². The van der Waals surface area contributed by atoms with E-state index in [0.29, 0.717) is 0 Å². The maximum atomic E-state index is 3.24. The van der Waals surface area contributed by atoms with E-state index in [1.807, 2.05) is 0 Å². The third kappa shape index (κ3) is 1.99. The Hall–Kier alpha value is -1.08. The molecule has 68 valence electrons. The van der Waals surface area contributed by atoms with Gasteiger partial charge < -0.3 is 5.32 Å². The molecular weight excluding hydrogens is 158 g/mol. The van der Waals surface area contributed by atoms with Crippen LogP contribution in [0.4, 0.5) is 0 Å². The summed E-state index contributed by atoms with van der Waals surface area (Å²) in [6.45, 7) is 4.31. The van der Waals surface area contributed by atoms with Gasteiger partial charge in [-0.05, 0) is 23.1 Å². The summed E-state index contributed by atoms with van der Waals surface area (Å²) < 4.78 is 0. The van der Waals surface area contributed by atoms with Gasteiger partial charge in [0.1, 0.15) is 0 Å². The lowest BCUT2D eigenvalue weighted by atomic mass is 10.0. The number of hydrogen-bond acceptors (Lipinski definition) is 1. The molecule has 1 aliphatic heterocycles. The van der Waals surface area contributed by atoms with Crippen molar-refractivity contribution in [2.75, 3.05) is 13.1 Å². The first-order valence-corrected chi connectivity index (χ1v) is 4.87. The van der Waals surface area contributed by atoms with E-state index < -0.39 is 0 Å². The van der Waals surface area contributed by atoms with Crippen LogP contribution in [-0.2, 0) is 6.42 Å². The van der Waals surface area contributed by atoms with E-state index in [1.165, 1.54) is 16.7 Å². The highest BCUT2D eigenvalue weighted by Crippen LogP contribution is 2.11. The SMILES string of the molecule is CCc1ccc(C=C2CNC2)cc1. The Bertz CT molecular complexity index is 302. The molecule has 2 rings (SSSR count). The van der Waals surface area contributed by atoms with Gasteiger partial charge in [0.05, 0.1) is 0 Å². The minimum atomic E-state index is 1.07. The molecule has 0 radical (unpaired) electrons.